The molecule has 0 saturated carbocycles. The first-order chi connectivity index (χ1) is 14.5. The summed E-state index contributed by atoms with van der Waals surface area (Å²) >= 11 is 0. The summed E-state index contributed by atoms with van der Waals surface area (Å²) < 4.78 is 0. The number of amides is 1. The van der Waals surface area contributed by atoms with Crippen molar-refractivity contribution in [2.24, 2.45) is 0 Å². The van der Waals surface area contributed by atoms with Crippen LogP contribution >= 0.6 is 0 Å². The first-order valence-electron chi connectivity index (χ1n) is 10.2. The minimum atomic E-state index is 0.0313. The van der Waals surface area contributed by atoms with E-state index in [1.165, 1.54) is 0 Å². The number of rotatable bonds is 8. The van der Waals surface area contributed by atoms with E-state index >= 15 is 0 Å². The van der Waals surface area contributed by atoms with Crippen LogP contribution in [0, 0.1) is 6.92 Å². The third-order valence-corrected chi connectivity index (χ3v) is 5.22. The lowest BCUT2D eigenvalue weighted by Crippen LogP contribution is -2.25. The van der Waals surface area contributed by atoms with Gasteiger partial charge in [0.25, 0.3) is 0 Å². The average molecular weight is 402 g/mol. The van der Waals surface area contributed by atoms with E-state index in [2.05, 4.69) is 9.97 Å². The van der Waals surface area contributed by atoms with Crippen molar-refractivity contribution in [3.05, 3.63) is 83.4 Å². The molecule has 30 heavy (non-hydrogen) atoms. The lowest BCUT2D eigenvalue weighted by atomic mass is 10.0. The molecule has 0 aliphatic rings. The number of hydrogen-bond acceptors (Lipinski definition) is 4. The van der Waals surface area contributed by atoms with Gasteiger partial charge in [0.05, 0.1) is 0 Å². The van der Waals surface area contributed by atoms with Crippen LogP contribution in [0.15, 0.2) is 60.9 Å². The maximum absolute atomic E-state index is 12.5. The molecule has 3 rings (SSSR count). The van der Waals surface area contributed by atoms with Crippen LogP contribution in [0.1, 0.15) is 47.1 Å². The zero-order chi connectivity index (χ0) is 21.5. The van der Waals surface area contributed by atoms with E-state index in [1.807, 2.05) is 63.4 Å². The number of benzene rings is 1. The lowest BCUT2D eigenvalue weighted by Gasteiger charge is -2.16. The van der Waals surface area contributed by atoms with Crippen molar-refractivity contribution in [3.63, 3.8) is 0 Å². The molecule has 0 aliphatic heterocycles. The van der Waals surface area contributed by atoms with Crippen molar-refractivity contribution < 1.29 is 9.59 Å². The molecule has 1 amide bonds. The maximum atomic E-state index is 12.5. The second-order valence-electron chi connectivity index (χ2n) is 7.40. The molecule has 0 fully saturated rings. The first kappa shape index (κ1) is 21.4. The molecule has 2 aromatic heterocycles. The van der Waals surface area contributed by atoms with Gasteiger partial charge in [-0.15, -0.1) is 0 Å². The molecule has 0 aliphatic carbocycles. The minimum Gasteiger partial charge on any atom is -0.341 e. The van der Waals surface area contributed by atoms with E-state index < -0.39 is 0 Å². The minimum absolute atomic E-state index is 0.0313. The predicted molar refractivity (Wildman–Crippen MR) is 118 cm³/mol. The second-order valence-corrected chi connectivity index (χ2v) is 7.40. The van der Waals surface area contributed by atoms with Gasteiger partial charge >= 0.3 is 0 Å². The Kier molecular flexibility index (Phi) is 7.07. The number of nitrogens with zero attached hydrogens (tertiary/aromatic N) is 3. The third-order valence-electron chi connectivity index (χ3n) is 5.22. The number of Topliss-reactive ketones (excluding diaryl/α,β-unsaturated/α-hetero) is 1. The monoisotopic (exact) mass is 401 g/mol. The molecule has 2 heterocycles. The highest BCUT2D eigenvalue weighted by Crippen LogP contribution is 2.20. The maximum Gasteiger partial charge on any atom is 0.222 e. The van der Waals surface area contributed by atoms with Gasteiger partial charge in [-0.2, -0.15) is 0 Å². The van der Waals surface area contributed by atoms with Crippen molar-refractivity contribution in [3.8, 4) is 11.1 Å². The van der Waals surface area contributed by atoms with Gasteiger partial charge in [0.15, 0.2) is 5.78 Å². The van der Waals surface area contributed by atoms with Crippen LogP contribution in [-0.4, -0.2) is 33.6 Å². The van der Waals surface area contributed by atoms with E-state index in [0.29, 0.717) is 31.5 Å². The van der Waals surface area contributed by atoms with Crippen LogP contribution < -0.4 is 0 Å². The van der Waals surface area contributed by atoms with E-state index in [-0.39, 0.29) is 11.7 Å². The number of carbonyl (C=O) groups excluding carboxylic acids is 2. The predicted octanol–water partition coefficient (Wildman–Crippen LogP) is 4.64. The Balaban J connectivity index is 1.61. The fourth-order valence-corrected chi connectivity index (χ4v) is 3.32. The molecule has 0 spiro atoms. The van der Waals surface area contributed by atoms with Gasteiger partial charge in [0, 0.05) is 50.1 Å². The van der Waals surface area contributed by atoms with Crippen molar-refractivity contribution in [2.45, 2.75) is 39.7 Å². The van der Waals surface area contributed by atoms with Gasteiger partial charge in [0.2, 0.25) is 5.91 Å². The fourth-order valence-electron chi connectivity index (χ4n) is 3.32. The van der Waals surface area contributed by atoms with Crippen LogP contribution in [-0.2, 0) is 17.8 Å². The normalized spacial score (nSPS) is 10.6. The molecule has 5 nitrogen and oxygen atoms in total. The fraction of sp³-hybridized carbons (Fsp3) is 0.280. The van der Waals surface area contributed by atoms with Crippen LogP contribution in [0.4, 0.5) is 0 Å². The Labute approximate surface area is 177 Å². The van der Waals surface area contributed by atoms with Gasteiger partial charge in [-0.1, -0.05) is 43.3 Å². The topological polar surface area (TPSA) is 63.2 Å². The molecular formula is C25H27N3O2. The van der Waals surface area contributed by atoms with Gasteiger partial charge < -0.3 is 4.90 Å². The van der Waals surface area contributed by atoms with E-state index in [0.717, 1.165) is 27.9 Å². The average Bonchev–Trinajstić information content (AvgIpc) is 2.78. The molecule has 0 atom stereocenters. The van der Waals surface area contributed by atoms with Gasteiger partial charge in [-0.05, 0) is 42.2 Å². The Bertz CT molecular complexity index is 1010. The number of pyridine rings is 2. The third kappa shape index (κ3) is 5.38. The van der Waals surface area contributed by atoms with Crippen molar-refractivity contribution in [1.82, 2.24) is 14.9 Å². The highest BCUT2D eigenvalue weighted by atomic mass is 16.2. The van der Waals surface area contributed by atoms with Crippen LogP contribution in [0.2, 0.25) is 0 Å². The molecule has 0 N–H and O–H groups in total. The highest BCUT2D eigenvalue weighted by molar-refractivity contribution is 5.94. The molecule has 3 aromatic rings. The smallest absolute Gasteiger partial charge is 0.222 e. The lowest BCUT2D eigenvalue weighted by molar-refractivity contribution is -0.130. The van der Waals surface area contributed by atoms with Crippen LogP contribution in [0.25, 0.3) is 11.1 Å². The Morgan fingerprint density at radius 3 is 2.33 bits per heavy atom. The number of carbonyl (C=O) groups is 2. The Morgan fingerprint density at radius 1 is 0.967 bits per heavy atom. The SMILES string of the molecule is CCC(=O)N(C)Cc1ccc(-c2ccc(C(=O)CCc3cccnc3C)nc2)cc1. The zero-order valence-electron chi connectivity index (χ0n) is 17.8. The van der Waals surface area contributed by atoms with Crippen molar-refractivity contribution in [1.29, 1.82) is 0 Å². The standard InChI is InChI=1S/C25H27N3O2/c1-4-25(30)28(3)17-19-7-9-21(10-8-19)22-11-13-23(27-16-22)24(29)14-12-20-6-5-15-26-18(20)2/h5-11,13,15-16H,4,12,14,17H2,1-3H3. The number of hydrogen-bond donors (Lipinski definition) is 0. The Morgan fingerprint density at radius 2 is 1.70 bits per heavy atom. The largest absolute Gasteiger partial charge is 0.341 e. The number of aryl methyl sites for hydroxylation is 2. The Hall–Kier alpha value is -3.34. The van der Waals surface area contributed by atoms with Crippen molar-refractivity contribution >= 4 is 11.7 Å². The first-order valence-corrected chi connectivity index (χ1v) is 10.2. The van der Waals surface area contributed by atoms with Gasteiger partial charge in [-0.3, -0.25) is 19.6 Å². The molecule has 0 saturated heterocycles. The second kappa shape index (κ2) is 9.92. The molecule has 5 heteroatoms. The molecule has 0 radical (unpaired) electrons. The summed E-state index contributed by atoms with van der Waals surface area (Å²) in [6, 6.07) is 15.7. The van der Waals surface area contributed by atoms with Gasteiger partial charge in [-0.25, -0.2) is 0 Å². The van der Waals surface area contributed by atoms with Gasteiger partial charge in [0.1, 0.15) is 5.69 Å². The van der Waals surface area contributed by atoms with Crippen LogP contribution in [0.5, 0.6) is 0 Å². The summed E-state index contributed by atoms with van der Waals surface area (Å²) in [6.07, 6.45) is 5.09. The van der Waals surface area contributed by atoms with E-state index in [4.69, 9.17) is 0 Å². The van der Waals surface area contributed by atoms with Crippen LogP contribution in [0.3, 0.4) is 0 Å². The molecular weight excluding hydrogens is 374 g/mol. The summed E-state index contributed by atoms with van der Waals surface area (Å²) in [4.78, 5) is 34.6. The summed E-state index contributed by atoms with van der Waals surface area (Å²) in [7, 11) is 1.81. The quantitative estimate of drug-likeness (QED) is 0.516. The number of ketones is 1. The summed E-state index contributed by atoms with van der Waals surface area (Å²) in [5, 5.41) is 0. The van der Waals surface area contributed by atoms with Crippen molar-refractivity contribution in [2.75, 3.05) is 7.05 Å². The molecule has 0 bridgehead atoms. The molecule has 0 unspecified atom stereocenters. The van der Waals surface area contributed by atoms with E-state index in [9.17, 15) is 9.59 Å². The molecule has 1 aromatic carbocycles. The molecule has 154 valence electrons. The summed E-state index contributed by atoms with van der Waals surface area (Å²) in [6.45, 7) is 4.41. The zero-order valence-corrected chi connectivity index (χ0v) is 17.8. The highest BCUT2D eigenvalue weighted by Gasteiger charge is 2.10. The summed E-state index contributed by atoms with van der Waals surface area (Å²) in [5.74, 6) is 0.158. The van der Waals surface area contributed by atoms with E-state index in [1.54, 1.807) is 23.4 Å². The summed E-state index contributed by atoms with van der Waals surface area (Å²) in [5.41, 5.74) is 5.60. The number of aromatic nitrogens is 2.